The maximum Gasteiger partial charge on any atom is 0.251 e. The van der Waals surface area contributed by atoms with E-state index in [1.165, 1.54) is 0 Å². The van der Waals surface area contributed by atoms with Gasteiger partial charge in [-0.1, -0.05) is 6.07 Å². The minimum absolute atomic E-state index is 0.0708. The predicted octanol–water partition coefficient (Wildman–Crippen LogP) is 1.54. The van der Waals surface area contributed by atoms with Crippen LogP contribution in [0.3, 0.4) is 0 Å². The molecule has 2 rings (SSSR count). The number of fused-ring (bicyclic) bond motifs is 1. The van der Waals surface area contributed by atoms with Gasteiger partial charge in [0.05, 0.1) is 0 Å². The molecule has 19 heavy (non-hydrogen) atoms. The molecule has 0 radical (unpaired) electrons. The van der Waals surface area contributed by atoms with E-state index in [9.17, 15) is 9.00 Å². The van der Waals surface area contributed by atoms with Crippen LogP contribution in [-0.2, 0) is 17.2 Å². The van der Waals surface area contributed by atoms with E-state index in [0.29, 0.717) is 5.75 Å². The van der Waals surface area contributed by atoms with Gasteiger partial charge in [-0.05, 0) is 37.5 Å². The van der Waals surface area contributed by atoms with E-state index in [1.807, 2.05) is 25.1 Å². The number of carbonyl (C=O) groups is 1. The van der Waals surface area contributed by atoms with Crippen LogP contribution in [0, 0.1) is 0 Å². The van der Waals surface area contributed by atoms with Gasteiger partial charge in [0.15, 0.2) is 0 Å². The van der Waals surface area contributed by atoms with Gasteiger partial charge in [0.25, 0.3) is 5.91 Å². The number of hydrogen-bond acceptors (Lipinski definition) is 3. The fraction of sp³-hybridized carbons (Fsp3) is 0.500. The molecule has 0 aliphatic carbocycles. The molecule has 1 heterocycles. The molecular weight excluding hydrogens is 260 g/mol. The molecule has 0 fully saturated rings. The van der Waals surface area contributed by atoms with Crippen molar-refractivity contribution in [1.82, 2.24) is 5.32 Å². The van der Waals surface area contributed by atoms with Gasteiger partial charge < -0.3 is 10.6 Å². The maximum absolute atomic E-state index is 12.3. The van der Waals surface area contributed by atoms with Crippen LogP contribution < -0.4 is 10.6 Å². The number of rotatable bonds is 4. The Morgan fingerprint density at radius 2 is 2.32 bits per heavy atom. The minimum atomic E-state index is -0.898. The molecule has 5 heteroatoms. The van der Waals surface area contributed by atoms with Crippen molar-refractivity contribution in [3.63, 3.8) is 0 Å². The zero-order valence-electron chi connectivity index (χ0n) is 11.4. The van der Waals surface area contributed by atoms with Crippen LogP contribution in [0.5, 0.6) is 0 Å². The van der Waals surface area contributed by atoms with E-state index >= 15 is 0 Å². The fourth-order valence-corrected chi connectivity index (χ4v) is 3.21. The molecule has 0 aromatic heterocycles. The third kappa shape index (κ3) is 3.56. The molecule has 4 nitrogen and oxygen atoms in total. The molecule has 104 valence electrons. The molecular formula is C14H20N2O2S. The first-order valence-electron chi connectivity index (χ1n) is 6.54. The third-order valence-electron chi connectivity index (χ3n) is 3.20. The summed E-state index contributed by atoms with van der Waals surface area (Å²) in [6.07, 6.45) is 3.63. The summed E-state index contributed by atoms with van der Waals surface area (Å²) in [6, 6.07) is 5.69. The average Bonchev–Trinajstić information content (AvgIpc) is 2.36. The van der Waals surface area contributed by atoms with Crippen LogP contribution in [0.4, 0.5) is 5.69 Å². The molecule has 1 aromatic rings. The Morgan fingerprint density at radius 1 is 1.53 bits per heavy atom. The Kier molecular flexibility index (Phi) is 4.58. The van der Waals surface area contributed by atoms with Gasteiger partial charge in [0.2, 0.25) is 0 Å². The fourth-order valence-electron chi connectivity index (χ4n) is 2.42. The van der Waals surface area contributed by atoms with Crippen molar-refractivity contribution < 1.29 is 9.00 Å². The van der Waals surface area contributed by atoms with Gasteiger partial charge in [-0.3, -0.25) is 9.00 Å². The number of anilines is 1. The Morgan fingerprint density at radius 3 is 3.05 bits per heavy atom. The summed E-state index contributed by atoms with van der Waals surface area (Å²) in [7, 11) is -0.898. The van der Waals surface area contributed by atoms with Crippen LogP contribution in [-0.4, -0.2) is 34.7 Å². The average molecular weight is 280 g/mol. The Hall–Kier alpha value is -1.36. The normalized spacial score (nSPS) is 16.9. The van der Waals surface area contributed by atoms with E-state index in [0.717, 1.165) is 36.2 Å². The lowest BCUT2D eigenvalue weighted by atomic mass is 9.97. The number of amides is 1. The maximum atomic E-state index is 12.3. The van der Waals surface area contributed by atoms with Gasteiger partial charge in [0, 0.05) is 46.6 Å². The van der Waals surface area contributed by atoms with Crippen molar-refractivity contribution in [3.05, 3.63) is 29.3 Å². The molecule has 0 bridgehead atoms. The van der Waals surface area contributed by atoms with Gasteiger partial charge in [-0.25, -0.2) is 0 Å². The Bertz CT molecular complexity index is 502. The smallest absolute Gasteiger partial charge is 0.251 e. The van der Waals surface area contributed by atoms with E-state index in [4.69, 9.17) is 0 Å². The molecule has 0 spiro atoms. The zero-order valence-corrected chi connectivity index (χ0v) is 12.2. The summed E-state index contributed by atoms with van der Waals surface area (Å²) in [4.78, 5) is 12.3. The molecule has 2 N–H and O–H groups in total. The number of carbonyl (C=O) groups excluding carboxylic acids is 1. The molecule has 2 atom stereocenters. The summed E-state index contributed by atoms with van der Waals surface area (Å²) in [6.45, 7) is 2.84. The molecule has 2 unspecified atom stereocenters. The summed E-state index contributed by atoms with van der Waals surface area (Å²) in [5.74, 6) is 0.414. The van der Waals surface area contributed by atoms with Crippen LogP contribution in [0.15, 0.2) is 18.2 Å². The summed E-state index contributed by atoms with van der Waals surface area (Å²) >= 11 is 0. The van der Waals surface area contributed by atoms with Crippen molar-refractivity contribution in [2.24, 2.45) is 0 Å². The number of benzene rings is 1. The summed E-state index contributed by atoms with van der Waals surface area (Å²) in [5, 5.41) is 6.23. The lowest BCUT2D eigenvalue weighted by Gasteiger charge is -2.21. The van der Waals surface area contributed by atoms with E-state index in [1.54, 1.807) is 6.26 Å². The van der Waals surface area contributed by atoms with Crippen molar-refractivity contribution in [3.8, 4) is 0 Å². The number of nitrogens with one attached hydrogen (secondary N) is 2. The number of hydrogen-bond donors (Lipinski definition) is 2. The first kappa shape index (κ1) is 14.1. The second-order valence-electron chi connectivity index (χ2n) is 4.98. The lowest BCUT2D eigenvalue weighted by Crippen LogP contribution is -2.37. The van der Waals surface area contributed by atoms with Crippen molar-refractivity contribution in [2.75, 3.05) is 23.9 Å². The quantitative estimate of drug-likeness (QED) is 0.879. The largest absolute Gasteiger partial charge is 0.385 e. The summed E-state index contributed by atoms with van der Waals surface area (Å²) in [5.41, 5.74) is 2.89. The second-order valence-corrected chi connectivity index (χ2v) is 6.46. The first-order valence-corrected chi connectivity index (χ1v) is 8.27. The first-order chi connectivity index (χ1) is 9.08. The van der Waals surface area contributed by atoms with Crippen LogP contribution in [0.1, 0.15) is 29.3 Å². The topological polar surface area (TPSA) is 58.2 Å². The van der Waals surface area contributed by atoms with Gasteiger partial charge in [-0.2, -0.15) is 0 Å². The van der Waals surface area contributed by atoms with Gasteiger partial charge in [0.1, 0.15) is 0 Å². The molecule has 1 amide bonds. The van der Waals surface area contributed by atoms with Crippen molar-refractivity contribution in [2.45, 2.75) is 25.8 Å². The van der Waals surface area contributed by atoms with Crippen LogP contribution >= 0.6 is 0 Å². The minimum Gasteiger partial charge on any atom is -0.385 e. The highest BCUT2D eigenvalue weighted by atomic mass is 32.2. The molecule has 0 saturated heterocycles. The standard InChI is InChI=1S/C14H20N2O2S/c1-10(9-19(2)18)16-14(17)12-5-3-7-13-11(12)6-4-8-15-13/h3,5,7,10,15H,4,6,8-9H2,1-2H3,(H,16,17). The zero-order chi connectivity index (χ0) is 13.8. The Balaban J connectivity index is 2.13. The molecule has 0 saturated carbocycles. The van der Waals surface area contributed by atoms with Crippen molar-refractivity contribution in [1.29, 1.82) is 0 Å². The lowest BCUT2D eigenvalue weighted by molar-refractivity contribution is 0.0942. The second kappa shape index (κ2) is 6.19. The SMILES string of the molecule is CC(CS(C)=O)NC(=O)c1cccc2c1CCCN2. The van der Waals surface area contributed by atoms with Crippen molar-refractivity contribution >= 4 is 22.4 Å². The van der Waals surface area contributed by atoms with E-state index in [-0.39, 0.29) is 11.9 Å². The monoisotopic (exact) mass is 280 g/mol. The van der Waals surface area contributed by atoms with E-state index < -0.39 is 10.8 Å². The molecule has 1 aromatic carbocycles. The highest BCUT2D eigenvalue weighted by molar-refractivity contribution is 7.84. The van der Waals surface area contributed by atoms with Gasteiger partial charge in [-0.15, -0.1) is 0 Å². The molecule has 1 aliphatic rings. The third-order valence-corrected chi connectivity index (χ3v) is 4.17. The van der Waals surface area contributed by atoms with E-state index in [2.05, 4.69) is 10.6 Å². The summed E-state index contributed by atoms with van der Waals surface area (Å²) < 4.78 is 11.2. The van der Waals surface area contributed by atoms with Crippen LogP contribution in [0.25, 0.3) is 0 Å². The highest BCUT2D eigenvalue weighted by Gasteiger charge is 2.18. The highest BCUT2D eigenvalue weighted by Crippen LogP contribution is 2.25. The Labute approximate surface area is 116 Å². The predicted molar refractivity (Wildman–Crippen MR) is 79.1 cm³/mol. The molecule has 1 aliphatic heterocycles. The van der Waals surface area contributed by atoms with Gasteiger partial charge >= 0.3 is 0 Å². The van der Waals surface area contributed by atoms with Crippen LogP contribution in [0.2, 0.25) is 0 Å².